The molecule has 1 saturated carbocycles. The lowest BCUT2D eigenvalue weighted by molar-refractivity contribution is 0.179. The third-order valence-corrected chi connectivity index (χ3v) is 4.93. The summed E-state index contributed by atoms with van der Waals surface area (Å²) in [5, 5.41) is 1.14. The van der Waals surface area contributed by atoms with Crippen molar-refractivity contribution in [3.8, 4) is 0 Å². The van der Waals surface area contributed by atoms with Gasteiger partial charge in [0.05, 0.1) is 0 Å². The van der Waals surface area contributed by atoms with E-state index in [9.17, 15) is 0 Å². The number of halogens is 1. The summed E-state index contributed by atoms with van der Waals surface area (Å²) in [6.45, 7) is 3.30. The summed E-state index contributed by atoms with van der Waals surface area (Å²) in [4.78, 5) is 2.39. The molecule has 0 spiro atoms. The Kier molecular flexibility index (Phi) is 3.58. The number of alkyl halides is 1. The zero-order valence-electron chi connectivity index (χ0n) is 10.2. The predicted molar refractivity (Wildman–Crippen MR) is 74.5 cm³/mol. The fourth-order valence-electron chi connectivity index (χ4n) is 2.40. The van der Waals surface area contributed by atoms with Crippen LogP contribution in [0.3, 0.4) is 0 Å². The molecule has 1 fully saturated rings. The third kappa shape index (κ3) is 2.42. The normalized spacial score (nSPS) is 17.9. The molecule has 0 atom stereocenters. The average molecular weight is 282 g/mol. The smallest absolute Gasteiger partial charge is 0.0363 e. The summed E-state index contributed by atoms with van der Waals surface area (Å²) < 4.78 is 0. The van der Waals surface area contributed by atoms with Gasteiger partial charge in [0.25, 0.3) is 0 Å². The number of benzene rings is 1. The minimum absolute atomic E-state index is 0.527. The molecule has 0 unspecified atom stereocenters. The molecule has 0 saturated heterocycles. The van der Waals surface area contributed by atoms with Gasteiger partial charge in [0.15, 0.2) is 0 Å². The largest absolute Gasteiger partial charge is 0.374 e. The lowest BCUT2D eigenvalue weighted by atomic mass is 9.70. The molecule has 0 heterocycles. The first-order valence-electron chi connectivity index (χ1n) is 5.99. The SMILES string of the molecule is Cc1ccc(N(C)CC2(CBr)CCC2)cc1. The molecule has 2 rings (SSSR count). The van der Waals surface area contributed by atoms with Crippen LogP contribution >= 0.6 is 15.9 Å². The summed E-state index contributed by atoms with van der Waals surface area (Å²) in [6.07, 6.45) is 4.14. The Balaban J connectivity index is 2.02. The molecule has 1 aliphatic rings. The van der Waals surface area contributed by atoms with Gasteiger partial charge in [-0.15, -0.1) is 0 Å². The zero-order valence-corrected chi connectivity index (χ0v) is 11.8. The van der Waals surface area contributed by atoms with E-state index < -0.39 is 0 Å². The number of anilines is 1. The van der Waals surface area contributed by atoms with E-state index in [0.29, 0.717) is 5.41 Å². The minimum atomic E-state index is 0.527. The predicted octanol–water partition coefficient (Wildman–Crippen LogP) is 4.00. The van der Waals surface area contributed by atoms with Crippen LogP contribution in [-0.4, -0.2) is 18.9 Å². The van der Waals surface area contributed by atoms with Crippen LogP contribution in [0, 0.1) is 12.3 Å². The van der Waals surface area contributed by atoms with Gasteiger partial charge in [0, 0.05) is 24.6 Å². The van der Waals surface area contributed by atoms with E-state index in [1.54, 1.807) is 0 Å². The molecule has 0 N–H and O–H groups in total. The van der Waals surface area contributed by atoms with Crippen molar-refractivity contribution in [2.45, 2.75) is 26.2 Å². The van der Waals surface area contributed by atoms with Crippen molar-refractivity contribution in [2.75, 3.05) is 23.8 Å². The minimum Gasteiger partial charge on any atom is -0.374 e. The van der Waals surface area contributed by atoms with Crippen molar-refractivity contribution in [3.05, 3.63) is 29.8 Å². The molecule has 2 heteroatoms. The highest BCUT2D eigenvalue weighted by Crippen LogP contribution is 2.43. The quantitative estimate of drug-likeness (QED) is 0.755. The molecule has 0 amide bonds. The second-order valence-electron chi connectivity index (χ2n) is 5.18. The molecule has 16 heavy (non-hydrogen) atoms. The molecule has 1 aliphatic carbocycles. The van der Waals surface area contributed by atoms with Crippen LogP contribution in [0.25, 0.3) is 0 Å². The Bertz CT molecular complexity index is 335. The van der Waals surface area contributed by atoms with E-state index in [2.05, 4.69) is 59.1 Å². The number of rotatable bonds is 4. The second-order valence-corrected chi connectivity index (χ2v) is 5.74. The summed E-state index contributed by atoms with van der Waals surface area (Å²) >= 11 is 3.67. The Morgan fingerprint density at radius 2 is 1.88 bits per heavy atom. The summed E-state index contributed by atoms with van der Waals surface area (Å²) in [6, 6.07) is 8.81. The molecule has 1 aromatic carbocycles. The third-order valence-electron chi connectivity index (χ3n) is 3.75. The molecular formula is C14H20BrN. The number of hydrogen-bond acceptors (Lipinski definition) is 1. The average Bonchev–Trinajstić information content (AvgIpc) is 2.24. The Labute approximate surface area is 107 Å². The van der Waals surface area contributed by atoms with E-state index >= 15 is 0 Å². The fourth-order valence-corrected chi connectivity index (χ4v) is 3.14. The Hall–Kier alpha value is -0.500. The Morgan fingerprint density at radius 3 is 2.31 bits per heavy atom. The van der Waals surface area contributed by atoms with Gasteiger partial charge in [-0.3, -0.25) is 0 Å². The van der Waals surface area contributed by atoms with E-state index in [1.807, 2.05) is 0 Å². The van der Waals surface area contributed by atoms with Crippen molar-refractivity contribution in [3.63, 3.8) is 0 Å². The van der Waals surface area contributed by atoms with Gasteiger partial charge in [-0.05, 0) is 37.3 Å². The van der Waals surface area contributed by atoms with Gasteiger partial charge >= 0.3 is 0 Å². The lowest BCUT2D eigenvalue weighted by Crippen LogP contribution is -2.42. The van der Waals surface area contributed by atoms with Crippen LogP contribution in [0.4, 0.5) is 5.69 Å². The molecule has 1 nitrogen and oxygen atoms in total. The van der Waals surface area contributed by atoms with E-state index in [1.165, 1.54) is 37.1 Å². The highest BCUT2D eigenvalue weighted by Gasteiger charge is 2.36. The highest BCUT2D eigenvalue weighted by molar-refractivity contribution is 9.09. The van der Waals surface area contributed by atoms with Gasteiger partial charge < -0.3 is 4.90 Å². The molecular weight excluding hydrogens is 262 g/mol. The van der Waals surface area contributed by atoms with Crippen molar-refractivity contribution in [1.82, 2.24) is 0 Å². The van der Waals surface area contributed by atoms with Gasteiger partial charge in [-0.25, -0.2) is 0 Å². The van der Waals surface area contributed by atoms with Crippen LogP contribution < -0.4 is 4.90 Å². The second kappa shape index (κ2) is 4.79. The summed E-state index contributed by atoms with van der Waals surface area (Å²) in [7, 11) is 2.20. The maximum absolute atomic E-state index is 3.67. The van der Waals surface area contributed by atoms with Crippen LogP contribution in [0.2, 0.25) is 0 Å². The van der Waals surface area contributed by atoms with Gasteiger partial charge in [0.1, 0.15) is 0 Å². The van der Waals surface area contributed by atoms with Crippen LogP contribution in [0.15, 0.2) is 24.3 Å². The molecule has 1 aromatic rings. The van der Waals surface area contributed by atoms with Crippen LogP contribution in [0.5, 0.6) is 0 Å². The van der Waals surface area contributed by atoms with Gasteiger partial charge in [-0.1, -0.05) is 40.0 Å². The monoisotopic (exact) mass is 281 g/mol. The molecule has 0 aromatic heterocycles. The van der Waals surface area contributed by atoms with Crippen molar-refractivity contribution in [2.24, 2.45) is 5.41 Å². The Morgan fingerprint density at radius 1 is 1.25 bits per heavy atom. The first-order valence-corrected chi connectivity index (χ1v) is 7.11. The molecule has 88 valence electrons. The van der Waals surface area contributed by atoms with E-state index in [4.69, 9.17) is 0 Å². The topological polar surface area (TPSA) is 3.24 Å². The van der Waals surface area contributed by atoms with E-state index in [0.717, 1.165) is 5.33 Å². The van der Waals surface area contributed by atoms with Crippen LogP contribution in [-0.2, 0) is 0 Å². The van der Waals surface area contributed by atoms with Gasteiger partial charge in [-0.2, -0.15) is 0 Å². The zero-order chi connectivity index (χ0) is 11.6. The van der Waals surface area contributed by atoms with Crippen LogP contribution in [0.1, 0.15) is 24.8 Å². The lowest BCUT2D eigenvalue weighted by Gasteiger charge is -2.43. The molecule has 0 bridgehead atoms. The highest BCUT2D eigenvalue weighted by atomic mass is 79.9. The molecule has 0 aliphatic heterocycles. The fraction of sp³-hybridized carbons (Fsp3) is 0.571. The first-order chi connectivity index (χ1) is 7.65. The van der Waals surface area contributed by atoms with Crippen molar-refractivity contribution < 1.29 is 0 Å². The standard InChI is InChI=1S/C14H20BrN/c1-12-4-6-13(7-5-12)16(2)11-14(10-15)8-3-9-14/h4-7H,3,8-11H2,1-2H3. The number of aryl methyl sites for hydroxylation is 1. The number of hydrogen-bond donors (Lipinski definition) is 0. The maximum atomic E-state index is 3.67. The van der Waals surface area contributed by atoms with Crippen molar-refractivity contribution >= 4 is 21.6 Å². The first kappa shape index (κ1) is 12.0. The summed E-state index contributed by atoms with van der Waals surface area (Å²) in [5.74, 6) is 0. The summed E-state index contributed by atoms with van der Waals surface area (Å²) in [5.41, 5.74) is 3.19. The number of nitrogens with zero attached hydrogens (tertiary/aromatic N) is 1. The van der Waals surface area contributed by atoms with E-state index in [-0.39, 0.29) is 0 Å². The maximum Gasteiger partial charge on any atom is 0.0363 e. The molecule has 0 radical (unpaired) electrons. The van der Waals surface area contributed by atoms with Crippen molar-refractivity contribution in [1.29, 1.82) is 0 Å². The van der Waals surface area contributed by atoms with Gasteiger partial charge in [0.2, 0.25) is 0 Å².